The average molecular weight is 326 g/mol. The highest BCUT2D eigenvalue weighted by Crippen LogP contribution is 2.27. The van der Waals surface area contributed by atoms with Crippen LogP contribution in [0.1, 0.15) is 6.42 Å². The normalized spacial score (nSPS) is 20.3. The molecule has 1 aliphatic heterocycles. The molecule has 0 bridgehead atoms. The molecule has 1 heterocycles. The topological polar surface area (TPSA) is 59.1 Å². The van der Waals surface area contributed by atoms with Crippen molar-refractivity contribution in [2.24, 2.45) is 0 Å². The second-order valence-electron chi connectivity index (χ2n) is 4.85. The molecule has 0 N–H and O–H groups in total. The van der Waals surface area contributed by atoms with Crippen LogP contribution in [0.4, 0.5) is 4.79 Å². The molecule has 0 aromatic carbocycles. The zero-order chi connectivity index (χ0) is 16.5. The van der Waals surface area contributed by atoms with Crippen molar-refractivity contribution < 1.29 is 19.2 Å². The van der Waals surface area contributed by atoms with Crippen LogP contribution in [0, 0.1) is 0 Å². The van der Waals surface area contributed by atoms with Crippen molar-refractivity contribution in [3.05, 3.63) is 37.5 Å². The Morgan fingerprint density at radius 3 is 2.64 bits per heavy atom. The highest BCUT2D eigenvalue weighted by Gasteiger charge is 2.36. The third-order valence-electron chi connectivity index (χ3n) is 3.14. The maximum Gasteiger partial charge on any atom is 0.410 e. The fourth-order valence-corrected chi connectivity index (χ4v) is 2.56. The molecule has 122 valence electrons. The van der Waals surface area contributed by atoms with Gasteiger partial charge in [0.15, 0.2) is 0 Å². The zero-order valence-electron chi connectivity index (χ0n) is 12.5. The van der Waals surface area contributed by atoms with Crippen LogP contribution < -0.4 is 0 Å². The van der Waals surface area contributed by atoms with Gasteiger partial charge in [-0.25, -0.2) is 9.86 Å². The van der Waals surface area contributed by atoms with Crippen LogP contribution in [0.25, 0.3) is 0 Å². The molecule has 1 saturated heterocycles. The van der Waals surface area contributed by atoms with Crippen LogP contribution in [0.3, 0.4) is 0 Å². The van der Waals surface area contributed by atoms with Crippen LogP contribution >= 0.6 is 12.6 Å². The maximum absolute atomic E-state index is 12.0. The number of rotatable bonds is 9. The Balaban J connectivity index is 2.67. The summed E-state index contributed by atoms with van der Waals surface area (Å²) in [6.45, 7) is 12.0. The van der Waals surface area contributed by atoms with Gasteiger partial charge in [0.1, 0.15) is 6.61 Å². The fourth-order valence-electron chi connectivity index (χ4n) is 2.18. The van der Waals surface area contributed by atoms with Crippen LogP contribution in [-0.4, -0.2) is 60.1 Å². The van der Waals surface area contributed by atoms with Crippen molar-refractivity contribution in [1.29, 1.82) is 0 Å². The van der Waals surface area contributed by atoms with E-state index in [2.05, 4.69) is 32.4 Å². The molecule has 6 nitrogen and oxygen atoms in total. The predicted octanol–water partition coefficient (Wildman–Crippen LogP) is 1.81. The third kappa shape index (κ3) is 5.23. The van der Waals surface area contributed by atoms with E-state index >= 15 is 0 Å². The molecular formula is C15H22N2O4S. The Labute approximate surface area is 136 Å². The van der Waals surface area contributed by atoms with Gasteiger partial charge in [-0.1, -0.05) is 25.3 Å². The first-order valence-electron chi connectivity index (χ1n) is 6.89. The van der Waals surface area contributed by atoms with E-state index in [0.29, 0.717) is 24.9 Å². The van der Waals surface area contributed by atoms with Gasteiger partial charge in [-0.3, -0.25) is 9.63 Å². The van der Waals surface area contributed by atoms with E-state index in [-0.39, 0.29) is 31.1 Å². The molecule has 0 spiro atoms. The Hall–Kier alpha value is -1.73. The molecule has 0 saturated carbocycles. The highest BCUT2D eigenvalue weighted by molar-refractivity contribution is 7.81. The average Bonchev–Trinajstić information content (AvgIpc) is 2.90. The number of carbonyl (C=O) groups is 2. The lowest BCUT2D eigenvalue weighted by Crippen LogP contribution is -2.40. The summed E-state index contributed by atoms with van der Waals surface area (Å²) in [5, 5.41) is 1.17. The minimum atomic E-state index is -0.438. The molecular weight excluding hydrogens is 304 g/mol. The number of carbonyl (C=O) groups excluding carboxylic acids is 2. The smallest absolute Gasteiger partial charge is 0.410 e. The van der Waals surface area contributed by atoms with E-state index in [1.807, 2.05) is 0 Å². The number of likely N-dealkylation sites (tertiary alicyclic amines) is 1. The first-order chi connectivity index (χ1) is 10.5. The minimum Gasteiger partial charge on any atom is -0.445 e. The summed E-state index contributed by atoms with van der Waals surface area (Å²) in [6.07, 6.45) is 3.83. The van der Waals surface area contributed by atoms with Gasteiger partial charge in [-0.15, -0.1) is 6.58 Å². The third-order valence-corrected chi connectivity index (χ3v) is 3.52. The molecule has 7 heteroatoms. The number of nitrogens with zero attached hydrogens (tertiary/aromatic N) is 2. The number of hydrogen-bond donors (Lipinski definition) is 1. The minimum absolute atomic E-state index is 0.0387. The van der Waals surface area contributed by atoms with E-state index in [0.717, 1.165) is 5.06 Å². The Kier molecular flexibility index (Phi) is 7.76. The van der Waals surface area contributed by atoms with E-state index in [1.165, 1.54) is 12.2 Å². The number of hydroxylamine groups is 2. The van der Waals surface area contributed by atoms with Crippen molar-refractivity contribution >= 4 is 25.1 Å². The lowest BCUT2D eigenvalue weighted by atomic mass is 10.1. The van der Waals surface area contributed by atoms with E-state index in [9.17, 15) is 9.59 Å². The molecule has 0 aromatic heterocycles. The molecule has 0 aromatic rings. The van der Waals surface area contributed by atoms with Crippen molar-refractivity contribution in [1.82, 2.24) is 9.96 Å². The molecule has 0 radical (unpaired) electrons. The summed E-state index contributed by atoms with van der Waals surface area (Å²) in [6, 6.07) is -0.241. The Bertz CT molecular complexity index is 441. The molecule has 2 atom stereocenters. The molecule has 1 aliphatic rings. The van der Waals surface area contributed by atoms with Crippen molar-refractivity contribution in [2.75, 3.05) is 26.3 Å². The monoisotopic (exact) mass is 326 g/mol. The van der Waals surface area contributed by atoms with Gasteiger partial charge >= 0.3 is 6.09 Å². The van der Waals surface area contributed by atoms with Gasteiger partial charge in [0.25, 0.3) is 0 Å². The van der Waals surface area contributed by atoms with Crippen LogP contribution in [0.15, 0.2) is 37.5 Å². The SMILES string of the molecule is C=CCOC(=O)N1C[C@@H](S)C[C@H]1C(=C)CN(C=O)OCC=C. The second kappa shape index (κ2) is 9.32. The summed E-state index contributed by atoms with van der Waals surface area (Å²) in [7, 11) is 0. The number of amides is 2. The van der Waals surface area contributed by atoms with Gasteiger partial charge in [0.05, 0.1) is 19.2 Å². The summed E-state index contributed by atoms with van der Waals surface area (Å²) < 4.78 is 5.07. The van der Waals surface area contributed by atoms with Gasteiger partial charge < -0.3 is 9.64 Å². The van der Waals surface area contributed by atoms with Gasteiger partial charge in [-0.2, -0.15) is 12.6 Å². The number of thiol groups is 1. The Morgan fingerprint density at radius 2 is 2.05 bits per heavy atom. The standard InChI is InChI=1S/C15H22N2O4S/c1-4-6-20-15(19)17-10-13(22)8-14(17)12(3)9-16(11-18)21-7-5-2/h4-5,11,13-14,22H,1-3,6-10H2/t13-,14-/m0/s1. The van der Waals surface area contributed by atoms with Crippen LogP contribution in [0.2, 0.25) is 0 Å². The maximum atomic E-state index is 12.0. The van der Waals surface area contributed by atoms with Crippen LogP contribution in [0.5, 0.6) is 0 Å². The molecule has 2 amide bonds. The van der Waals surface area contributed by atoms with Gasteiger partial charge in [0, 0.05) is 11.8 Å². The van der Waals surface area contributed by atoms with E-state index in [4.69, 9.17) is 9.57 Å². The molecule has 0 aliphatic carbocycles. The largest absolute Gasteiger partial charge is 0.445 e. The lowest BCUT2D eigenvalue weighted by Gasteiger charge is -2.27. The molecule has 22 heavy (non-hydrogen) atoms. The predicted molar refractivity (Wildman–Crippen MR) is 87.5 cm³/mol. The highest BCUT2D eigenvalue weighted by atomic mass is 32.1. The van der Waals surface area contributed by atoms with Crippen molar-refractivity contribution in [2.45, 2.75) is 17.7 Å². The number of ether oxygens (including phenoxy) is 1. The quantitative estimate of drug-likeness (QED) is 0.304. The summed E-state index contributed by atoms with van der Waals surface area (Å²) in [5.74, 6) is 0. The summed E-state index contributed by atoms with van der Waals surface area (Å²) >= 11 is 4.42. The Morgan fingerprint density at radius 1 is 1.36 bits per heavy atom. The van der Waals surface area contributed by atoms with E-state index < -0.39 is 6.09 Å². The first-order valence-corrected chi connectivity index (χ1v) is 7.40. The summed E-state index contributed by atoms with van der Waals surface area (Å²) in [4.78, 5) is 29.8. The van der Waals surface area contributed by atoms with Crippen LogP contribution in [-0.2, 0) is 14.4 Å². The molecule has 1 fully saturated rings. The van der Waals surface area contributed by atoms with Gasteiger partial charge in [-0.05, 0) is 12.0 Å². The fraction of sp³-hybridized carbons (Fsp3) is 0.467. The molecule has 0 unspecified atom stereocenters. The summed E-state index contributed by atoms with van der Waals surface area (Å²) in [5.41, 5.74) is 0.684. The second-order valence-corrected chi connectivity index (χ2v) is 5.58. The number of hydrogen-bond acceptors (Lipinski definition) is 5. The van der Waals surface area contributed by atoms with Crippen molar-refractivity contribution in [3.63, 3.8) is 0 Å². The van der Waals surface area contributed by atoms with E-state index in [1.54, 1.807) is 4.90 Å². The lowest BCUT2D eigenvalue weighted by molar-refractivity contribution is -0.165. The van der Waals surface area contributed by atoms with Crippen molar-refractivity contribution in [3.8, 4) is 0 Å². The van der Waals surface area contributed by atoms with Gasteiger partial charge in [0.2, 0.25) is 6.41 Å². The molecule has 1 rings (SSSR count). The zero-order valence-corrected chi connectivity index (χ0v) is 13.4. The first kappa shape index (κ1) is 18.3.